The topological polar surface area (TPSA) is 102 Å². The summed E-state index contributed by atoms with van der Waals surface area (Å²) in [7, 11) is 0. The standard InChI is InChI=1S/C20H19N5O2/c21-19(26)16-9-10-25(24-16)18-8-4-3-7-15(18)23-20(27)17-11-13-5-1-2-6-14(13)12-22-17/h1-10,17,22H,11-12H2,(H2,21,26)(H,23,27)/t17-/m0/s1. The van der Waals surface area contributed by atoms with Crippen molar-refractivity contribution in [1.82, 2.24) is 15.1 Å². The van der Waals surface area contributed by atoms with Gasteiger partial charge in [-0.3, -0.25) is 9.59 Å². The Bertz CT molecular complexity index is 1010. The van der Waals surface area contributed by atoms with Gasteiger partial charge in [0.25, 0.3) is 5.91 Å². The molecular formula is C20H19N5O2. The molecule has 3 aromatic rings. The van der Waals surface area contributed by atoms with E-state index in [1.54, 1.807) is 18.3 Å². The Labute approximate surface area is 156 Å². The first-order valence-electron chi connectivity index (χ1n) is 8.68. The van der Waals surface area contributed by atoms with Crippen molar-refractivity contribution in [2.24, 2.45) is 5.73 Å². The largest absolute Gasteiger partial charge is 0.364 e. The van der Waals surface area contributed by atoms with E-state index in [2.05, 4.69) is 27.9 Å². The number of nitrogens with two attached hydrogens (primary N) is 1. The monoisotopic (exact) mass is 361 g/mol. The predicted molar refractivity (Wildman–Crippen MR) is 101 cm³/mol. The number of carbonyl (C=O) groups excluding carboxylic acids is 2. The van der Waals surface area contributed by atoms with Crippen LogP contribution in [0.5, 0.6) is 0 Å². The third-order valence-corrected chi connectivity index (χ3v) is 4.65. The SMILES string of the molecule is NC(=O)c1ccn(-c2ccccc2NC(=O)[C@@H]2Cc3ccccc3CN2)n1. The van der Waals surface area contributed by atoms with Gasteiger partial charge >= 0.3 is 0 Å². The summed E-state index contributed by atoms with van der Waals surface area (Å²) in [4.78, 5) is 24.1. The minimum Gasteiger partial charge on any atom is -0.364 e. The van der Waals surface area contributed by atoms with Crippen molar-refractivity contribution in [3.05, 3.63) is 77.6 Å². The molecular weight excluding hydrogens is 342 g/mol. The first kappa shape index (κ1) is 17.0. The minimum atomic E-state index is -0.597. The summed E-state index contributed by atoms with van der Waals surface area (Å²) < 4.78 is 1.53. The van der Waals surface area contributed by atoms with Crippen LogP contribution in [0, 0.1) is 0 Å². The van der Waals surface area contributed by atoms with Gasteiger partial charge in [-0.2, -0.15) is 5.10 Å². The van der Waals surface area contributed by atoms with E-state index in [-0.39, 0.29) is 17.6 Å². The van der Waals surface area contributed by atoms with Gasteiger partial charge in [0.05, 0.1) is 17.4 Å². The highest BCUT2D eigenvalue weighted by Gasteiger charge is 2.24. The molecule has 1 atom stereocenters. The van der Waals surface area contributed by atoms with Crippen LogP contribution in [0.4, 0.5) is 5.69 Å². The Kier molecular flexibility index (Phi) is 4.43. The van der Waals surface area contributed by atoms with Gasteiger partial charge in [0, 0.05) is 12.7 Å². The molecule has 2 heterocycles. The number of aromatic nitrogens is 2. The Morgan fingerprint density at radius 2 is 1.81 bits per heavy atom. The van der Waals surface area contributed by atoms with Gasteiger partial charge in [0.1, 0.15) is 5.69 Å². The van der Waals surface area contributed by atoms with E-state index < -0.39 is 5.91 Å². The number of benzene rings is 2. The van der Waals surface area contributed by atoms with Gasteiger partial charge in [0.15, 0.2) is 0 Å². The number of carbonyl (C=O) groups is 2. The van der Waals surface area contributed by atoms with E-state index in [1.165, 1.54) is 15.8 Å². The second kappa shape index (κ2) is 7.05. The van der Waals surface area contributed by atoms with E-state index in [9.17, 15) is 9.59 Å². The normalized spacial score (nSPS) is 15.8. The lowest BCUT2D eigenvalue weighted by atomic mass is 9.95. The molecule has 0 fully saturated rings. The molecule has 136 valence electrons. The van der Waals surface area contributed by atoms with Crippen LogP contribution in [0.15, 0.2) is 60.8 Å². The lowest BCUT2D eigenvalue weighted by Gasteiger charge is -2.25. The van der Waals surface area contributed by atoms with Crippen LogP contribution in [0.3, 0.4) is 0 Å². The average molecular weight is 361 g/mol. The summed E-state index contributed by atoms with van der Waals surface area (Å²) in [6, 6.07) is 16.6. The van der Waals surface area contributed by atoms with Gasteiger partial charge in [-0.1, -0.05) is 36.4 Å². The Hall–Kier alpha value is -3.45. The number of hydrogen-bond donors (Lipinski definition) is 3. The van der Waals surface area contributed by atoms with Gasteiger partial charge in [-0.15, -0.1) is 0 Å². The maximum atomic E-state index is 12.8. The van der Waals surface area contributed by atoms with Crippen molar-refractivity contribution in [3.8, 4) is 5.69 Å². The lowest BCUT2D eigenvalue weighted by Crippen LogP contribution is -2.44. The molecule has 1 aromatic heterocycles. The van der Waals surface area contributed by atoms with Crippen LogP contribution >= 0.6 is 0 Å². The van der Waals surface area contributed by atoms with Gasteiger partial charge in [-0.05, 0) is 35.7 Å². The number of hydrogen-bond acceptors (Lipinski definition) is 4. The fourth-order valence-electron chi connectivity index (χ4n) is 3.23. The molecule has 4 rings (SSSR count). The Morgan fingerprint density at radius 3 is 2.59 bits per heavy atom. The number of anilines is 1. The number of nitrogens with one attached hydrogen (secondary N) is 2. The highest BCUT2D eigenvalue weighted by atomic mass is 16.2. The van der Waals surface area contributed by atoms with E-state index >= 15 is 0 Å². The molecule has 27 heavy (non-hydrogen) atoms. The summed E-state index contributed by atoms with van der Waals surface area (Å²) in [5.41, 5.74) is 9.11. The first-order valence-corrected chi connectivity index (χ1v) is 8.68. The molecule has 1 aliphatic rings. The second-order valence-electron chi connectivity index (χ2n) is 6.42. The maximum absolute atomic E-state index is 12.8. The van der Waals surface area contributed by atoms with E-state index in [4.69, 9.17) is 5.73 Å². The van der Waals surface area contributed by atoms with Crippen LogP contribution in [-0.4, -0.2) is 27.6 Å². The Morgan fingerprint density at radius 1 is 1.07 bits per heavy atom. The van der Waals surface area contributed by atoms with Gasteiger partial charge < -0.3 is 16.4 Å². The lowest BCUT2D eigenvalue weighted by molar-refractivity contribution is -0.118. The minimum absolute atomic E-state index is 0.112. The zero-order valence-corrected chi connectivity index (χ0v) is 14.6. The molecule has 0 saturated carbocycles. The number of amides is 2. The van der Waals surface area contributed by atoms with Crippen molar-refractivity contribution < 1.29 is 9.59 Å². The molecule has 0 aliphatic carbocycles. The zero-order chi connectivity index (χ0) is 18.8. The van der Waals surface area contributed by atoms with Gasteiger partial charge in [0.2, 0.25) is 5.91 Å². The summed E-state index contributed by atoms with van der Waals surface area (Å²) in [6.07, 6.45) is 2.28. The molecule has 7 heteroatoms. The summed E-state index contributed by atoms with van der Waals surface area (Å²) in [6.45, 7) is 0.664. The molecule has 0 saturated heterocycles. The zero-order valence-electron chi connectivity index (χ0n) is 14.6. The van der Waals surface area contributed by atoms with E-state index in [0.717, 1.165) is 0 Å². The van der Waals surface area contributed by atoms with Crippen molar-refractivity contribution in [2.75, 3.05) is 5.32 Å². The van der Waals surface area contributed by atoms with Crippen LogP contribution < -0.4 is 16.4 Å². The summed E-state index contributed by atoms with van der Waals surface area (Å²) >= 11 is 0. The highest BCUT2D eigenvalue weighted by Crippen LogP contribution is 2.21. The summed E-state index contributed by atoms with van der Waals surface area (Å²) in [5.74, 6) is -0.709. The molecule has 0 spiro atoms. The van der Waals surface area contributed by atoms with Crippen molar-refractivity contribution in [2.45, 2.75) is 19.0 Å². The highest BCUT2D eigenvalue weighted by molar-refractivity contribution is 5.97. The first-order chi connectivity index (χ1) is 13.1. The molecule has 4 N–H and O–H groups in total. The smallest absolute Gasteiger partial charge is 0.269 e. The second-order valence-corrected chi connectivity index (χ2v) is 6.42. The fraction of sp³-hybridized carbons (Fsp3) is 0.150. The number of rotatable bonds is 4. The van der Waals surface area contributed by atoms with Crippen LogP contribution in [-0.2, 0) is 17.8 Å². The number of fused-ring (bicyclic) bond motifs is 1. The van der Waals surface area contributed by atoms with Crippen molar-refractivity contribution in [1.29, 1.82) is 0 Å². The molecule has 7 nitrogen and oxygen atoms in total. The molecule has 0 unspecified atom stereocenters. The number of para-hydroxylation sites is 2. The molecule has 0 bridgehead atoms. The third kappa shape index (κ3) is 3.45. The van der Waals surface area contributed by atoms with Crippen molar-refractivity contribution >= 4 is 17.5 Å². The molecule has 0 radical (unpaired) electrons. The average Bonchev–Trinajstić information content (AvgIpc) is 3.18. The molecule has 2 amide bonds. The van der Waals surface area contributed by atoms with Crippen LogP contribution in [0.2, 0.25) is 0 Å². The predicted octanol–water partition coefficient (Wildman–Crippen LogP) is 1.62. The number of primary amides is 1. The van der Waals surface area contributed by atoms with E-state index in [1.807, 2.05) is 30.3 Å². The summed E-state index contributed by atoms with van der Waals surface area (Å²) in [5, 5.41) is 10.4. The van der Waals surface area contributed by atoms with E-state index in [0.29, 0.717) is 24.3 Å². The fourth-order valence-corrected chi connectivity index (χ4v) is 3.23. The quantitative estimate of drug-likeness (QED) is 0.657. The maximum Gasteiger partial charge on any atom is 0.269 e. The molecule has 2 aromatic carbocycles. The molecule has 1 aliphatic heterocycles. The van der Waals surface area contributed by atoms with Crippen LogP contribution in [0.25, 0.3) is 5.69 Å². The van der Waals surface area contributed by atoms with Gasteiger partial charge in [-0.25, -0.2) is 4.68 Å². The third-order valence-electron chi connectivity index (χ3n) is 4.65. The Balaban J connectivity index is 1.55. The number of nitrogens with zero attached hydrogens (tertiary/aromatic N) is 2. The van der Waals surface area contributed by atoms with Crippen molar-refractivity contribution in [3.63, 3.8) is 0 Å². The van der Waals surface area contributed by atoms with Crippen LogP contribution in [0.1, 0.15) is 21.6 Å².